The van der Waals surface area contributed by atoms with E-state index >= 15 is 0 Å². The van der Waals surface area contributed by atoms with Crippen LogP contribution >= 0.6 is 0 Å². The summed E-state index contributed by atoms with van der Waals surface area (Å²) in [5, 5.41) is 7.78. The number of fused-ring (bicyclic) bond motifs is 1. The number of carbonyl (C=O) groups is 2. The average Bonchev–Trinajstić information content (AvgIpc) is 2.78. The lowest BCUT2D eigenvalue weighted by atomic mass is 10.1. The summed E-state index contributed by atoms with van der Waals surface area (Å²) in [4.78, 5) is 24.8. The Kier molecular flexibility index (Phi) is 5.52. The summed E-state index contributed by atoms with van der Waals surface area (Å²) in [6.45, 7) is 0.325. The van der Waals surface area contributed by atoms with Crippen LogP contribution in [0.2, 0.25) is 0 Å². The zero-order chi connectivity index (χ0) is 20.9. The third kappa shape index (κ3) is 4.52. The molecule has 0 heterocycles. The van der Waals surface area contributed by atoms with Gasteiger partial charge in [-0.3, -0.25) is 9.59 Å². The predicted molar refractivity (Wildman–Crippen MR) is 116 cm³/mol. The maximum absolute atomic E-state index is 13.0. The molecule has 4 aromatic carbocycles. The molecule has 2 N–H and O–H groups in total. The van der Waals surface area contributed by atoms with Gasteiger partial charge < -0.3 is 10.6 Å². The predicted octanol–water partition coefficient (Wildman–Crippen LogP) is 5.16. The number of rotatable bonds is 5. The lowest BCUT2D eigenvalue weighted by molar-refractivity contribution is 0.0950. The van der Waals surface area contributed by atoms with Crippen molar-refractivity contribution in [1.82, 2.24) is 5.32 Å². The van der Waals surface area contributed by atoms with Gasteiger partial charge in [-0.2, -0.15) is 0 Å². The van der Waals surface area contributed by atoms with Crippen molar-refractivity contribution in [2.75, 3.05) is 5.32 Å². The van der Waals surface area contributed by atoms with Gasteiger partial charge in [-0.1, -0.05) is 42.5 Å². The van der Waals surface area contributed by atoms with Crippen LogP contribution in [0.4, 0.5) is 10.1 Å². The van der Waals surface area contributed by atoms with Gasteiger partial charge in [0.25, 0.3) is 11.8 Å². The summed E-state index contributed by atoms with van der Waals surface area (Å²) in [6, 6.07) is 26.0. The van der Waals surface area contributed by atoms with E-state index in [9.17, 15) is 14.0 Å². The summed E-state index contributed by atoms with van der Waals surface area (Å²) in [5.41, 5.74) is 2.41. The minimum Gasteiger partial charge on any atom is -0.348 e. The van der Waals surface area contributed by atoms with E-state index < -0.39 is 5.82 Å². The molecule has 0 saturated heterocycles. The quantitative estimate of drug-likeness (QED) is 0.488. The first-order chi connectivity index (χ1) is 14.6. The minimum atomic E-state index is -0.393. The zero-order valence-electron chi connectivity index (χ0n) is 16.1. The van der Waals surface area contributed by atoms with E-state index in [-0.39, 0.29) is 11.8 Å². The van der Waals surface area contributed by atoms with E-state index in [0.29, 0.717) is 23.4 Å². The van der Waals surface area contributed by atoms with E-state index in [1.54, 1.807) is 24.3 Å². The van der Waals surface area contributed by atoms with Crippen molar-refractivity contribution >= 4 is 28.3 Å². The van der Waals surface area contributed by atoms with E-state index in [0.717, 1.165) is 16.3 Å². The van der Waals surface area contributed by atoms with Crippen molar-refractivity contribution in [2.24, 2.45) is 0 Å². The zero-order valence-corrected chi connectivity index (χ0v) is 16.1. The molecule has 30 heavy (non-hydrogen) atoms. The second kappa shape index (κ2) is 8.57. The number of nitrogens with one attached hydrogen (secondary N) is 2. The molecule has 2 amide bonds. The highest BCUT2D eigenvalue weighted by Gasteiger charge is 2.09. The fourth-order valence-electron chi connectivity index (χ4n) is 3.18. The maximum Gasteiger partial charge on any atom is 0.255 e. The van der Waals surface area contributed by atoms with E-state index in [2.05, 4.69) is 10.6 Å². The van der Waals surface area contributed by atoms with Gasteiger partial charge in [-0.25, -0.2) is 4.39 Å². The summed E-state index contributed by atoms with van der Waals surface area (Å²) < 4.78 is 13.0. The Morgan fingerprint density at radius 3 is 2.23 bits per heavy atom. The number of hydrogen-bond donors (Lipinski definition) is 2. The second-order valence-electron chi connectivity index (χ2n) is 6.91. The standard InChI is InChI=1S/C25H19FN2O2/c26-22-12-10-19(11-13-22)25(30)28-23-7-3-4-17(14-23)16-27-24(29)21-9-8-18-5-1-2-6-20(18)15-21/h1-15H,16H2,(H,27,29)(H,28,30). The van der Waals surface area contributed by atoms with Gasteiger partial charge in [0.2, 0.25) is 0 Å². The van der Waals surface area contributed by atoms with Crippen molar-refractivity contribution in [3.8, 4) is 0 Å². The number of benzene rings is 4. The van der Waals surface area contributed by atoms with Gasteiger partial charge in [0.1, 0.15) is 5.82 Å². The molecule has 0 saturated carbocycles. The van der Waals surface area contributed by atoms with Crippen LogP contribution in [0, 0.1) is 5.82 Å². The third-order valence-electron chi connectivity index (χ3n) is 4.76. The van der Waals surface area contributed by atoms with Crippen LogP contribution in [0.1, 0.15) is 26.3 Å². The number of carbonyl (C=O) groups excluding carboxylic acids is 2. The normalized spacial score (nSPS) is 10.6. The van der Waals surface area contributed by atoms with Crippen LogP contribution < -0.4 is 10.6 Å². The molecule has 0 aliphatic carbocycles. The van der Waals surface area contributed by atoms with Crippen LogP contribution in [0.25, 0.3) is 10.8 Å². The fourth-order valence-corrected chi connectivity index (χ4v) is 3.18. The summed E-state index contributed by atoms with van der Waals surface area (Å²) in [5.74, 6) is -0.885. The molecular weight excluding hydrogens is 379 g/mol. The van der Waals surface area contributed by atoms with Crippen molar-refractivity contribution in [1.29, 1.82) is 0 Å². The van der Waals surface area contributed by atoms with E-state index in [4.69, 9.17) is 0 Å². The number of anilines is 1. The van der Waals surface area contributed by atoms with Crippen LogP contribution in [0.15, 0.2) is 91.0 Å². The minimum absolute atomic E-state index is 0.165. The third-order valence-corrected chi connectivity index (χ3v) is 4.76. The molecule has 4 aromatic rings. The molecule has 148 valence electrons. The van der Waals surface area contributed by atoms with Crippen molar-refractivity contribution < 1.29 is 14.0 Å². The molecule has 4 rings (SSSR count). The van der Waals surface area contributed by atoms with Crippen molar-refractivity contribution in [3.05, 3.63) is 114 Å². The highest BCUT2D eigenvalue weighted by molar-refractivity contribution is 6.04. The Bertz CT molecular complexity index is 1220. The topological polar surface area (TPSA) is 58.2 Å². The molecule has 0 aromatic heterocycles. The van der Waals surface area contributed by atoms with Gasteiger partial charge >= 0.3 is 0 Å². The molecule has 0 radical (unpaired) electrons. The lowest BCUT2D eigenvalue weighted by Gasteiger charge is -2.09. The Labute approximate surface area is 173 Å². The molecule has 0 spiro atoms. The Morgan fingerprint density at radius 1 is 0.700 bits per heavy atom. The number of amides is 2. The van der Waals surface area contributed by atoms with Crippen molar-refractivity contribution in [3.63, 3.8) is 0 Å². The lowest BCUT2D eigenvalue weighted by Crippen LogP contribution is -2.22. The van der Waals surface area contributed by atoms with Gasteiger partial charge in [0, 0.05) is 23.4 Å². The first kappa shape index (κ1) is 19.3. The van der Waals surface area contributed by atoms with Crippen LogP contribution in [-0.2, 0) is 6.54 Å². The van der Waals surface area contributed by atoms with E-state index in [1.807, 2.05) is 42.5 Å². The van der Waals surface area contributed by atoms with Gasteiger partial charge in [0.05, 0.1) is 0 Å². The highest BCUT2D eigenvalue weighted by Crippen LogP contribution is 2.16. The van der Waals surface area contributed by atoms with Crippen molar-refractivity contribution in [2.45, 2.75) is 6.54 Å². The smallest absolute Gasteiger partial charge is 0.255 e. The molecule has 0 aliphatic rings. The molecule has 0 bridgehead atoms. The molecule has 0 aliphatic heterocycles. The number of halogens is 1. The Morgan fingerprint density at radius 2 is 1.43 bits per heavy atom. The van der Waals surface area contributed by atoms with Gasteiger partial charge in [0.15, 0.2) is 0 Å². The van der Waals surface area contributed by atoms with Gasteiger partial charge in [-0.05, 0) is 64.9 Å². The van der Waals surface area contributed by atoms with Crippen LogP contribution in [0.5, 0.6) is 0 Å². The highest BCUT2D eigenvalue weighted by atomic mass is 19.1. The average molecular weight is 398 g/mol. The maximum atomic E-state index is 13.0. The molecule has 5 heteroatoms. The second-order valence-corrected chi connectivity index (χ2v) is 6.91. The Hall–Kier alpha value is -3.99. The van der Waals surface area contributed by atoms with Crippen LogP contribution in [-0.4, -0.2) is 11.8 Å². The summed E-state index contributed by atoms with van der Waals surface area (Å²) >= 11 is 0. The number of hydrogen-bond acceptors (Lipinski definition) is 2. The molecule has 0 fully saturated rings. The summed E-state index contributed by atoms with van der Waals surface area (Å²) in [7, 11) is 0. The molecule has 0 unspecified atom stereocenters. The first-order valence-corrected chi connectivity index (χ1v) is 9.51. The monoisotopic (exact) mass is 398 g/mol. The molecular formula is C25H19FN2O2. The largest absolute Gasteiger partial charge is 0.348 e. The fraction of sp³-hybridized carbons (Fsp3) is 0.0400. The van der Waals surface area contributed by atoms with Gasteiger partial charge in [-0.15, -0.1) is 0 Å². The first-order valence-electron chi connectivity index (χ1n) is 9.51. The molecule has 4 nitrogen and oxygen atoms in total. The van der Waals surface area contributed by atoms with E-state index in [1.165, 1.54) is 24.3 Å². The molecule has 0 atom stereocenters. The van der Waals surface area contributed by atoms with Crippen LogP contribution in [0.3, 0.4) is 0 Å². The summed E-state index contributed by atoms with van der Waals surface area (Å²) in [6.07, 6.45) is 0. The Balaban J connectivity index is 1.40. The SMILES string of the molecule is O=C(NCc1cccc(NC(=O)c2ccc(F)cc2)c1)c1ccc2ccccc2c1.